The van der Waals surface area contributed by atoms with Crippen molar-refractivity contribution in [1.29, 1.82) is 0 Å². The molecule has 0 saturated carbocycles. The highest BCUT2D eigenvalue weighted by Crippen LogP contribution is 2.34. The van der Waals surface area contributed by atoms with Gasteiger partial charge < -0.3 is 14.4 Å². The van der Waals surface area contributed by atoms with Gasteiger partial charge in [-0.2, -0.15) is 0 Å². The SMILES string of the molecule is OCCOc1cc(-n2ccnc2)c2ccc(Cl)c(Cl)c2n1. The van der Waals surface area contributed by atoms with Crippen molar-refractivity contribution in [1.82, 2.24) is 14.5 Å². The number of hydrogen-bond donors (Lipinski definition) is 1. The molecule has 7 heteroatoms. The second-order valence-corrected chi connectivity index (χ2v) is 5.06. The molecule has 108 valence electrons. The van der Waals surface area contributed by atoms with E-state index in [4.69, 9.17) is 33.0 Å². The molecule has 0 spiro atoms. The van der Waals surface area contributed by atoms with Crippen LogP contribution in [0.4, 0.5) is 0 Å². The molecule has 1 N–H and O–H groups in total. The van der Waals surface area contributed by atoms with Crippen LogP contribution in [0, 0.1) is 0 Å². The van der Waals surface area contributed by atoms with E-state index in [0.717, 1.165) is 11.1 Å². The fourth-order valence-corrected chi connectivity index (χ4v) is 2.39. The maximum atomic E-state index is 8.88. The number of ether oxygens (including phenoxy) is 1. The molecule has 2 heterocycles. The predicted octanol–water partition coefficient (Wildman–Crippen LogP) is 3.10. The predicted molar refractivity (Wildman–Crippen MR) is 81.5 cm³/mol. The molecule has 3 rings (SSSR count). The van der Waals surface area contributed by atoms with E-state index < -0.39 is 0 Å². The van der Waals surface area contributed by atoms with Crippen molar-refractivity contribution >= 4 is 34.1 Å². The van der Waals surface area contributed by atoms with Crippen molar-refractivity contribution in [3.63, 3.8) is 0 Å². The Morgan fingerprint density at radius 1 is 1.29 bits per heavy atom. The first-order chi connectivity index (χ1) is 10.2. The highest BCUT2D eigenvalue weighted by Gasteiger charge is 2.13. The van der Waals surface area contributed by atoms with Gasteiger partial charge in [-0.25, -0.2) is 9.97 Å². The van der Waals surface area contributed by atoms with Gasteiger partial charge in [0, 0.05) is 23.8 Å². The van der Waals surface area contributed by atoms with E-state index >= 15 is 0 Å². The van der Waals surface area contributed by atoms with Crippen LogP contribution in [0.15, 0.2) is 36.9 Å². The molecule has 0 aliphatic heterocycles. The first-order valence-electron chi connectivity index (χ1n) is 6.21. The normalized spacial score (nSPS) is 11.0. The topological polar surface area (TPSA) is 60.2 Å². The molecule has 2 aromatic heterocycles. The minimum Gasteiger partial charge on any atom is -0.475 e. The van der Waals surface area contributed by atoms with E-state index in [1.807, 2.05) is 16.8 Å². The Kier molecular flexibility index (Phi) is 3.96. The number of imidazole rings is 1. The van der Waals surface area contributed by atoms with Gasteiger partial charge in [0.2, 0.25) is 5.88 Å². The number of halogens is 2. The summed E-state index contributed by atoms with van der Waals surface area (Å²) in [7, 11) is 0. The molecular weight excluding hydrogens is 313 g/mol. The quantitative estimate of drug-likeness (QED) is 0.801. The monoisotopic (exact) mass is 323 g/mol. The average Bonchev–Trinajstić information content (AvgIpc) is 3.02. The molecule has 21 heavy (non-hydrogen) atoms. The Labute approximate surface area is 130 Å². The maximum Gasteiger partial charge on any atom is 0.216 e. The number of benzene rings is 1. The van der Waals surface area contributed by atoms with Crippen LogP contribution in [0.25, 0.3) is 16.6 Å². The Morgan fingerprint density at radius 2 is 2.14 bits per heavy atom. The number of aliphatic hydroxyl groups is 1. The van der Waals surface area contributed by atoms with Gasteiger partial charge in [0.25, 0.3) is 0 Å². The fourth-order valence-electron chi connectivity index (χ4n) is 2.03. The molecule has 3 aromatic rings. The lowest BCUT2D eigenvalue weighted by atomic mass is 10.2. The summed E-state index contributed by atoms with van der Waals surface area (Å²) in [4.78, 5) is 8.40. The summed E-state index contributed by atoms with van der Waals surface area (Å²) < 4.78 is 7.23. The summed E-state index contributed by atoms with van der Waals surface area (Å²) in [5.41, 5.74) is 1.37. The molecule has 0 bridgehead atoms. The van der Waals surface area contributed by atoms with Gasteiger partial charge in [0.15, 0.2) is 0 Å². The zero-order chi connectivity index (χ0) is 14.8. The molecule has 0 saturated heterocycles. The number of aromatic nitrogens is 3. The molecule has 0 fully saturated rings. The van der Waals surface area contributed by atoms with Crippen molar-refractivity contribution in [2.24, 2.45) is 0 Å². The third-order valence-electron chi connectivity index (χ3n) is 2.95. The summed E-state index contributed by atoms with van der Waals surface area (Å²) in [6.07, 6.45) is 5.16. The highest BCUT2D eigenvalue weighted by molar-refractivity contribution is 6.45. The number of nitrogens with zero attached hydrogens (tertiary/aromatic N) is 3. The second-order valence-electron chi connectivity index (χ2n) is 4.28. The van der Waals surface area contributed by atoms with Gasteiger partial charge in [-0.05, 0) is 12.1 Å². The van der Waals surface area contributed by atoms with Crippen LogP contribution in [0.1, 0.15) is 0 Å². The van der Waals surface area contributed by atoms with E-state index in [1.54, 1.807) is 24.7 Å². The van der Waals surface area contributed by atoms with Crippen molar-refractivity contribution in [2.75, 3.05) is 13.2 Å². The fraction of sp³-hybridized carbons (Fsp3) is 0.143. The summed E-state index contributed by atoms with van der Waals surface area (Å²) >= 11 is 12.3. The summed E-state index contributed by atoms with van der Waals surface area (Å²) in [5.74, 6) is 0.365. The largest absolute Gasteiger partial charge is 0.475 e. The summed E-state index contributed by atoms with van der Waals surface area (Å²) in [6, 6.07) is 5.34. The van der Waals surface area contributed by atoms with E-state index in [9.17, 15) is 0 Å². The molecule has 0 unspecified atom stereocenters. The first-order valence-corrected chi connectivity index (χ1v) is 6.97. The van der Waals surface area contributed by atoms with Crippen LogP contribution in [-0.4, -0.2) is 32.9 Å². The lowest BCUT2D eigenvalue weighted by Gasteiger charge is -2.12. The third kappa shape index (κ3) is 2.68. The molecular formula is C14H11Cl2N3O2. The van der Waals surface area contributed by atoms with Crippen molar-refractivity contribution in [3.05, 3.63) is 47.0 Å². The number of pyridine rings is 1. The molecule has 0 aliphatic rings. The zero-order valence-corrected chi connectivity index (χ0v) is 12.3. The Balaban J connectivity index is 2.26. The lowest BCUT2D eigenvalue weighted by Crippen LogP contribution is -2.04. The Morgan fingerprint density at radius 3 is 2.86 bits per heavy atom. The molecule has 0 atom stereocenters. The third-order valence-corrected chi connectivity index (χ3v) is 3.75. The standard InChI is InChI=1S/C14H11Cl2N3O2/c15-10-2-1-9-11(19-4-3-17-8-19)7-12(21-6-5-20)18-14(9)13(10)16/h1-4,7-8,20H,5-6H2. The Bertz CT molecular complexity index is 775. The van der Waals surface area contributed by atoms with Crippen molar-refractivity contribution in [3.8, 4) is 11.6 Å². The van der Waals surface area contributed by atoms with E-state index in [0.29, 0.717) is 21.4 Å². The Hall–Kier alpha value is -1.82. The van der Waals surface area contributed by atoms with Gasteiger partial charge in [-0.15, -0.1) is 0 Å². The molecule has 0 aliphatic carbocycles. The summed E-state index contributed by atoms with van der Waals surface area (Å²) in [5, 5.41) is 10.5. The lowest BCUT2D eigenvalue weighted by molar-refractivity contribution is 0.197. The van der Waals surface area contributed by atoms with Crippen LogP contribution in [0.2, 0.25) is 10.0 Å². The van der Waals surface area contributed by atoms with Crippen LogP contribution < -0.4 is 4.74 Å². The van der Waals surface area contributed by atoms with Gasteiger partial charge in [0.1, 0.15) is 6.61 Å². The zero-order valence-electron chi connectivity index (χ0n) is 10.8. The van der Waals surface area contributed by atoms with Crippen LogP contribution >= 0.6 is 23.2 Å². The second kappa shape index (κ2) is 5.89. The smallest absolute Gasteiger partial charge is 0.216 e. The first kappa shape index (κ1) is 14.1. The molecule has 1 aromatic carbocycles. The van der Waals surface area contributed by atoms with Gasteiger partial charge in [0.05, 0.1) is 34.2 Å². The summed E-state index contributed by atoms with van der Waals surface area (Å²) in [6.45, 7) is 0.0590. The highest BCUT2D eigenvalue weighted by atomic mass is 35.5. The molecule has 5 nitrogen and oxygen atoms in total. The maximum absolute atomic E-state index is 8.88. The number of aliphatic hydroxyl groups excluding tert-OH is 1. The number of rotatable bonds is 4. The van der Waals surface area contributed by atoms with Gasteiger partial charge in [-0.3, -0.25) is 0 Å². The van der Waals surface area contributed by atoms with Crippen LogP contribution in [-0.2, 0) is 0 Å². The van der Waals surface area contributed by atoms with E-state index in [1.165, 1.54) is 0 Å². The molecule has 0 amide bonds. The van der Waals surface area contributed by atoms with Crippen LogP contribution in [0.3, 0.4) is 0 Å². The van der Waals surface area contributed by atoms with Gasteiger partial charge >= 0.3 is 0 Å². The van der Waals surface area contributed by atoms with E-state index in [2.05, 4.69) is 9.97 Å². The minimum absolute atomic E-state index is 0.0938. The van der Waals surface area contributed by atoms with Crippen LogP contribution in [0.5, 0.6) is 5.88 Å². The van der Waals surface area contributed by atoms with E-state index in [-0.39, 0.29) is 13.2 Å². The average molecular weight is 324 g/mol. The van der Waals surface area contributed by atoms with Crippen molar-refractivity contribution in [2.45, 2.75) is 0 Å². The number of fused-ring (bicyclic) bond motifs is 1. The number of hydrogen-bond acceptors (Lipinski definition) is 4. The molecule has 0 radical (unpaired) electrons. The van der Waals surface area contributed by atoms with Gasteiger partial charge in [-0.1, -0.05) is 23.2 Å². The van der Waals surface area contributed by atoms with Crippen molar-refractivity contribution < 1.29 is 9.84 Å². The minimum atomic E-state index is -0.0938.